The van der Waals surface area contributed by atoms with Crippen LogP contribution in [0.1, 0.15) is 21.9 Å². The fourth-order valence-electron chi connectivity index (χ4n) is 1.54. The molecule has 0 bridgehead atoms. The van der Waals surface area contributed by atoms with Gasteiger partial charge in [-0.25, -0.2) is 4.98 Å². The number of aromatic nitrogens is 2. The molecule has 88 valence electrons. The van der Waals surface area contributed by atoms with E-state index < -0.39 is 0 Å². The van der Waals surface area contributed by atoms with Crippen LogP contribution < -0.4 is 5.43 Å². The number of nitrogens with zero attached hydrogens (tertiary/aromatic N) is 2. The molecule has 4 nitrogen and oxygen atoms in total. The molecule has 0 aliphatic rings. The molecule has 2 aromatic rings. The third-order valence-corrected chi connectivity index (χ3v) is 2.87. The first-order chi connectivity index (χ1) is 8.08. The van der Waals surface area contributed by atoms with Crippen LogP contribution in [0.3, 0.4) is 0 Å². The van der Waals surface area contributed by atoms with Gasteiger partial charge in [0.05, 0.1) is 0 Å². The average molecular weight is 294 g/mol. The molecule has 17 heavy (non-hydrogen) atoms. The molecule has 0 fully saturated rings. The van der Waals surface area contributed by atoms with Gasteiger partial charge in [-0.15, -0.1) is 0 Å². The van der Waals surface area contributed by atoms with Crippen LogP contribution in [0.15, 0.2) is 34.9 Å². The zero-order chi connectivity index (χ0) is 12.4. The van der Waals surface area contributed by atoms with Crippen molar-refractivity contribution >= 4 is 21.8 Å². The van der Waals surface area contributed by atoms with Gasteiger partial charge in [0.1, 0.15) is 10.3 Å². The van der Waals surface area contributed by atoms with Crippen LogP contribution in [0, 0.1) is 13.8 Å². The van der Waals surface area contributed by atoms with E-state index in [1.165, 1.54) is 0 Å². The highest BCUT2D eigenvalue weighted by atomic mass is 79.9. The van der Waals surface area contributed by atoms with Crippen LogP contribution in [0.2, 0.25) is 0 Å². The number of nitrogens with one attached hydrogen (secondary N) is 1. The summed E-state index contributed by atoms with van der Waals surface area (Å²) in [6.45, 7) is 3.86. The quantitative estimate of drug-likeness (QED) is 0.866. The van der Waals surface area contributed by atoms with Gasteiger partial charge in [-0.05, 0) is 54.0 Å². The number of hydrogen-bond acceptors (Lipinski definition) is 2. The molecule has 5 heteroatoms. The Morgan fingerprint density at radius 1 is 1.24 bits per heavy atom. The van der Waals surface area contributed by atoms with Crippen molar-refractivity contribution in [2.45, 2.75) is 13.8 Å². The Morgan fingerprint density at radius 2 is 1.88 bits per heavy atom. The van der Waals surface area contributed by atoms with Gasteiger partial charge in [-0.1, -0.05) is 6.07 Å². The Kier molecular flexibility index (Phi) is 3.28. The predicted octanol–water partition coefficient (Wildman–Crippen LogP) is 2.65. The predicted molar refractivity (Wildman–Crippen MR) is 69.5 cm³/mol. The normalized spacial score (nSPS) is 10.3. The van der Waals surface area contributed by atoms with Gasteiger partial charge in [0.2, 0.25) is 0 Å². The fourth-order valence-corrected chi connectivity index (χ4v) is 1.88. The van der Waals surface area contributed by atoms with Crippen molar-refractivity contribution in [2.24, 2.45) is 0 Å². The van der Waals surface area contributed by atoms with E-state index in [2.05, 4.69) is 26.3 Å². The molecular weight excluding hydrogens is 282 g/mol. The fraction of sp³-hybridized carbons (Fsp3) is 0.167. The van der Waals surface area contributed by atoms with E-state index in [1.54, 1.807) is 22.9 Å². The maximum absolute atomic E-state index is 12.0. The molecule has 0 aliphatic heterocycles. The molecule has 2 aromatic heterocycles. The molecular formula is C12H12BrN3O. The maximum atomic E-state index is 12.0. The van der Waals surface area contributed by atoms with Crippen molar-refractivity contribution in [3.63, 3.8) is 0 Å². The number of pyridine rings is 1. The maximum Gasteiger partial charge on any atom is 0.288 e. The first-order valence-corrected chi connectivity index (χ1v) is 5.96. The summed E-state index contributed by atoms with van der Waals surface area (Å²) < 4.78 is 2.39. The number of aryl methyl sites for hydroxylation is 2. The van der Waals surface area contributed by atoms with Crippen LogP contribution >= 0.6 is 15.9 Å². The number of amides is 1. The third kappa shape index (κ3) is 2.55. The Hall–Kier alpha value is -1.62. The molecule has 0 radical (unpaired) electrons. The van der Waals surface area contributed by atoms with Crippen molar-refractivity contribution in [1.82, 2.24) is 9.66 Å². The number of rotatable bonds is 2. The third-order valence-electron chi connectivity index (χ3n) is 2.43. The molecule has 2 rings (SSSR count). The summed E-state index contributed by atoms with van der Waals surface area (Å²) in [5.41, 5.74) is 5.13. The molecule has 1 N–H and O–H groups in total. The van der Waals surface area contributed by atoms with Crippen molar-refractivity contribution < 1.29 is 4.79 Å². The summed E-state index contributed by atoms with van der Waals surface area (Å²) >= 11 is 3.24. The average Bonchev–Trinajstić information content (AvgIpc) is 2.61. The highest BCUT2D eigenvalue weighted by Gasteiger charge is 2.09. The lowest BCUT2D eigenvalue weighted by atomic mass is 10.3. The van der Waals surface area contributed by atoms with Crippen LogP contribution in [0.4, 0.5) is 0 Å². The minimum atomic E-state index is -0.228. The SMILES string of the molecule is Cc1ccc(C)n1NC(=O)c1cccc(Br)n1. The lowest BCUT2D eigenvalue weighted by molar-refractivity contribution is 0.100. The number of hydrogen-bond donors (Lipinski definition) is 1. The zero-order valence-corrected chi connectivity index (χ0v) is 11.2. The van der Waals surface area contributed by atoms with E-state index in [0.29, 0.717) is 10.3 Å². The molecule has 0 aliphatic carbocycles. The second-order valence-electron chi connectivity index (χ2n) is 3.74. The Balaban J connectivity index is 2.23. The second kappa shape index (κ2) is 4.71. The Labute approximate surface area is 108 Å². The molecule has 0 saturated carbocycles. The monoisotopic (exact) mass is 293 g/mol. The van der Waals surface area contributed by atoms with Gasteiger partial charge < -0.3 is 0 Å². The molecule has 0 aromatic carbocycles. The second-order valence-corrected chi connectivity index (χ2v) is 4.55. The van der Waals surface area contributed by atoms with Crippen molar-refractivity contribution in [3.8, 4) is 0 Å². The van der Waals surface area contributed by atoms with Gasteiger partial charge in [-0.2, -0.15) is 0 Å². The van der Waals surface area contributed by atoms with Gasteiger partial charge in [-0.3, -0.25) is 14.9 Å². The summed E-state index contributed by atoms with van der Waals surface area (Å²) in [5.74, 6) is -0.228. The number of halogens is 1. The van der Waals surface area contributed by atoms with Gasteiger partial charge >= 0.3 is 0 Å². The van der Waals surface area contributed by atoms with Crippen molar-refractivity contribution in [3.05, 3.63) is 52.0 Å². The minimum Gasteiger partial charge on any atom is -0.266 e. The van der Waals surface area contributed by atoms with E-state index in [1.807, 2.05) is 26.0 Å². The topological polar surface area (TPSA) is 46.9 Å². The molecule has 0 spiro atoms. The van der Waals surface area contributed by atoms with E-state index >= 15 is 0 Å². The smallest absolute Gasteiger partial charge is 0.266 e. The van der Waals surface area contributed by atoms with E-state index in [-0.39, 0.29) is 5.91 Å². The summed E-state index contributed by atoms with van der Waals surface area (Å²) in [5, 5.41) is 0. The van der Waals surface area contributed by atoms with Gasteiger partial charge in [0, 0.05) is 11.4 Å². The Morgan fingerprint density at radius 3 is 2.47 bits per heavy atom. The summed E-state index contributed by atoms with van der Waals surface area (Å²) in [4.78, 5) is 16.1. The van der Waals surface area contributed by atoms with Crippen LogP contribution in [0.5, 0.6) is 0 Å². The molecule has 0 atom stereocenters. The summed E-state index contributed by atoms with van der Waals surface area (Å²) in [7, 11) is 0. The van der Waals surface area contributed by atoms with Crippen molar-refractivity contribution in [1.29, 1.82) is 0 Å². The van der Waals surface area contributed by atoms with E-state index in [9.17, 15) is 4.79 Å². The lowest BCUT2D eigenvalue weighted by Gasteiger charge is -2.10. The largest absolute Gasteiger partial charge is 0.288 e. The number of carbonyl (C=O) groups excluding carboxylic acids is 1. The standard InChI is InChI=1S/C12H12BrN3O/c1-8-6-7-9(2)16(8)15-12(17)10-4-3-5-11(13)14-10/h3-7H,1-2H3,(H,15,17). The highest BCUT2D eigenvalue weighted by Crippen LogP contribution is 2.08. The van der Waals surface area contributed by atoms with Gasteiger partial charge in [0.15, 0.2) is 0 Å². The first kappa shape index (κ1) is 11.9. The molecule has 0 unspecified atom stereocenters. The summed E-state index contributed by atoms with van der Waals surface area (Å²) in [6.07, 6.45) is 0. The minimum absolute atomic E-state index is 0.228. The van der Waals surface area contributed by atoms with Crippen LogP contribution in [-0.4, -0.2) is 15.6 Å². The summed E-state index contributed by atoms with van der Waals surface area (Å²) in [6, 6.07) is 9.13. The first-order valence-electron chi connectivity index (χ1n) is 5.17. The van der Waals surface area contributed by atoms with Gasteiger partial charge in [0.25, 0.3) is 5.91 Å². The molecule has 2 heterocycles. The van der Waals surface area contributed by atoms with E-state index in [4.69, 9.17) is 0 Å². The zero-order valence-electron chi connectivity index (χ0n) is 9.57. The van der Waals surface area contributed by atoms with E-state index in [0.717, 1.165) is 11.4 Å². The van der Waals surface area contributed by atoms with Crippen molar-refractivity contribution in [2.75, 3.05) is 5.43 Å². The van der Waals surface area contributed by atoms with Crippen LogP contribution in [-0.2, 0) is 0 Å². The Bertz CT molecular complexity index is 543. The molecule has 0 saturated heterocycles. The molecule has 1 amide bonds. The highest BCUT2D eigenvalue weighted by molar-refractivity contribution is 9.10. The van der Waals surface area contributed by atoms with Crippen LogP contribution in [0.25, 0.3) is 0 Å². The number of carbonyl (C=O) groups is 1. The lowest BCUT2D eigenvalue weighted by Crippen LogP contribution is -2.25.